The normalized spacial score (nSPS) is 11.7. The smallest absolute Gasteiger partial charge is 0.331 e. The first-order valence-corrected chi connectivity index (χ1v) is 15.5. The molecule has 0 radical (unpaired) electrons. The average molecular weight is 587 g/mol. The van der Waals surface area contributed by atoms with Gasteiger partial charge in [0, 0.05) is 11.1 Å². The van der Waals surface area contributed by atoms with E-state index in [1.165, 1.54) is 27.8 Å². The van der Waals surface area contributed by atoms with E-state index in [1.54, 1.807) is 0 Å². The fourth-order valence-electron chi connectivity index (χ4n) is 6.72. The van der Waals surface area contributed by atoms with Gasteiger partial charge in [0.15, 0.2) is 0 Å². The van der Waals surface area contributed by atoms with Crippen molar-refractivity contribution in [2.45, 2.75) is 80.1 Å². The van der Waals surface area contributed by atoms with Crippen LogP contribution in [0.15, 0.2) is 60.7 Å². The van der Waals surface area contributed by atoms with E-state index in [4.69, 9.17) is 12.8 Å². The number of terminal acetylenes is 2. The molecule has 0 unspecified atom stereocenters. The van der Waals surface area contributed by atoms with Gasteiger partial charge in [0.1, 0.15) is 0 Å². The minimum atomic E-state index is -0.0206. The Labute approximate surface area is 269 Å². The van der Waals surface area contributed by atoms with Crippen molar-refractivity contribution in [1.82, 2.24) is 0 Å². The molecule has 224 valence electrons. The molecule has 5 rings (SSSR count). The molecule has 5 aromatic rings. The molecule has 0 aliphatic heterocycles. The molecule has 0 N–H and O–H groups in total. The van der Waals surface area contributed by atoms with E-state index in [9.17, 15) is 5.53 Å². The van der Waals surface area contributed by atoms with Crippen molar-refractivity contribution in [3.63, 3.8) is 0 Å². The van der Waals surface area contributed by atoms with Crippen molar-refractivity contribution in [3.8, 4) is 35.8 Å². The Balaban J connectivity index is 2.01. The number of fused-ring (bicyclic) bond motifs is 2. The van der Waals surface area contributed by atoms with Gasteiger partial charge in [-0.3, -0.25) is 0 Å². The molecule has 0 atom stereocenters. The van der Waals surface area contributed by atoms with Crippen LogP contribution in [0.4, 0.5) is 0 Å². The van der Waals surface area contributed by atoms with Crippen LogP contribution in [0.5, 0.6) is 0 Å². The number of hydrogen-bond acceptors (Lipinski definition) is 0. The topological polar surface area (TPSA) is 36.4 Å². The fourth-order valence-corrected chi connectivity index (χ4v) is 6.72. The minimum absolute atomic E-state index is 0.0206. The van der Waals surface area contributed by atoms with Crippen molar-refractivity contribution < 1.29 is 4.79 Å². The first-order valence-electron chi connectivity index (χ1n) is 15.5. The highest BCUT2D eigenvalue weighted by Gasteiger charge is 2.30. The summed E-state index contributed by atoms with van der Waals surface area (Å²) in [5.41, 5.74) is 24.0. The van der Waals surface area contributed by atoms with Crippen LogP contribution in [0.2, 0.25) is 0 Å². The predicted octanol–water partition coefficient (Wildman–Crippen LogP) is 10.5. The second kappa shape index (κ2) is 11.2. The van der Waals surface area contributed by atoms with E-state index in [1.807, 2.05) is 24.3 Å². The molecule has 0 heterocycles. The SMILES string of the molecule is C#Cc1ccc2c(-c3c(C)cc(C(C)(C)C)cc3C)c3ccc(C#C)cc3c(C(=[N+]=[N-])c3c(C)cc(C(C)(C)C)cc3C)c2c1. The molecular formula is C43H42N2. The van der Waals surface area contributed by atoms with E-state index in [0.29, 0.717) is 5.71 Å². The summed E-state index contributed by atoms with van der Waals surface area (Å²) in [6, 6.07) is 21.3. The van der Waals surface area contributed by atoms with Gasteiger partial charge in [0.25, 0.3) is 0 Å². The highest BCUT2D eigenvalue weighted by molar-refractivity contribution is 6.29. The summed E-state index contributed by atoms with van der Waals surface area (Å²) in [5, 5.41) is 3.93. The van der Waals surface area contributed by atoms with E-state index >= 15 is 0 Å². The van der Waals surface area contributed by atoms with Crippen molar-refractivity contribution in [1.29, 1.82) is 0 Å². The Morgan fingerprint density at radius 3 is 1.31 bits per heavy atom. The van der Waals surface area contributed by atoms with Crippen LogP contribution in [-0.2, 0) is 10.8 Å². The molecule has 2 heteroatoms. The summed E-state index contributed by atoms with van der Waals surface area (Å²) < 4.78 is 0. The van der Waals surface area contributed by atoms with Gasteiger partial charge in [-0.05, 0) is 129 Å². The molecule has 45 heavy (non-hydrogen) atoms. The third-order valence-electron chi connectivity index (χ3n) is 9.07. The highest BCUT2D eigenvalue weighted by Crippen LogP contribution is 2.44. The van der Waals surface area contributed by atoms with E-state index < -0.39 is 0 Å². The first-order chi connectivity index (χ1) is 21.1. The molecule has 0 amide bonds. The standard InChI is InChI=1S/C43H42N2/c1-13-29-15-17-33-35(23-29)40(41(45-44)38-27(5)21-32(22-28(38)6)43(10,11)12)36-24-30(14-2)16-18-34(36)39(33)37-25(3)19-31(20-26(37)4)42(7,8)9/h1-2,15-24H,3-12H3. The maximum absolute atomic E-state index is 10.9. The lowest BCUT2D eigenvalue weighted by molar-refractivity contribution is -0.00264. The summed E-state index contributed by atoms with van der Waals surface area (Å²) in [4.78, 5) is 4.04. The Morgan fingerprint density at radius 2 is 0.956 bits per heavy atom. The van der Waals surface area contributed by atoms with E-state index in [-0.39, 0.29) is 10.8 Å². The van der Waals surface area contributed by atoms with E-state index in [2.05, 4.69) is 122 Å². The largest absolute Gasteiger partial charge is 0.361 e. The summed E-state index contributed by atoms with van der Waals surface area (Å²) in [7, 11) is 0. The molecule has 0 saturated carbocycles. The van der Waals surface area contributed by atoms with Gasteiger partial charge >= 0.3 is 5.71 Å². The molecule has 0 fully saturated rings. The van der Waals surface area contributed by atoms with Gasteiger partial charge in [-0.15, -0.1) is 12.8 Å². The monoisotopic (exact) mass is 586 g/mol. The molecular weight excluding hydrogens is 544 g/mol. The molecule has 2 nitrogen and oxygen atoms in total. The van der Waals surface area contributed by atoms with Crippen LogP contribution in [0.3, 0.4) is 0 Å². The zero-order valence-electron chi connectivity index (χ0n) is 28.3. The van der Waals surface area contributed by atoms with Gasteiger partial charge in [0.05, 0.1) is 11.1 Å². The molecule has 0 aliphatic rings. The van der Waals surface area contributed by atoms with Crippen LogP contribution in [0, 0.1) is 52.4 Å². The number of nitrogens with zero attached hydrogens (tertiary/aromatic N) is 2. The minimum Gasteiger partial charge on any atom is -0.361 e. The van der Waals surface area contributed by atoms with Crippen LogP contribution >= 0.6 is 0 Å². The fraction of sp³-hybridized carbons (Fsp3) is 0.279. The summed E-state index contributed by atoms with van der Waals surface area (Å²) in [6.45, 7) is 21.9. The summed E-state index contributed by atoms with van der Waals surface area (Å²) in [5.74, 6) is 5.66. The van der Waals surface area contributed by atoms with Gasteiger partial charge in [0.2, 0.25) is 0 Å². The number of rotatable bonds is 3. The van der Waals surface area contributed by atoms with Crippen molar-refractivity contribution >= 4 is 27.3 Å². The molecule has 5 aromatic carbocycles. The van der Waals surface area contributed by atoms with Gasteiger partial charge in [-0.1, -0.05) is 89.8 Å². The highest BCUT2D eigenvalue weighted by atomic mass is 14.9. The average Bonchev–Trinajstić information content (AvgIpc) is 2.97. The van der Waals surface area contributed by atoms with Crippen LogP contribution in [0.1, 0.15) is 97.2 Å². The second-order valence-corrected chi connectivity index (χ2v) is 14.5. The quantitative estimate of drug-likeness (QED) is 0.0663. The third-order valence-corrected chi connectivity index (χ3v) is 9.07. The maximum atomic E-state index is 10.9. The third kappa shape index (κ3) is 5.49. The number of hydrogen-bond donors (Lipinski definition) is 0. The molecule has 0 aliphatic carbocycles. The first kappa shape index (κ1) is 31.5. The van der Waals surface area contributed by atoms with Gasteiger partial charge < -0.3 is 5.53 Å². The molecule has 0 bridgehead atoms. The van der Waals surface area contributed by atoms with Crippen molar-refractivity contribution in [3.05, 3.63) is 122 Å². The number of benzene rings is 5. The summed E-state index contributed by atoms with van der Waals surface area (Å²) in [6.07, 6.45) is 11.9. The maximum Gasteiger partial charge on any atom is 0.331 e. The molecule has 0 aromatic heterocycles. The lowest BCUT2D eigenvalue weighted by Gasteiger charge is -2.24. The predicted molar refractivity (Wildman–Crippen MR) is 192 cm³/mol. The Kier molecular flexibility index (Phi) is 7.88. The lowest BCUT2D eigenvalue weighted by atomic mass is 9.78. The van der Waals surface area contributed by atoms with Crippen LogP contribution in [-0.4, -0.2) is 10.5 Å². The summed E-state index contributed by atoms with van der Waals surface area (Å²) >= 11 is 0. The number of aryl methyl sites for hydroxylation is 4. The molecule has 0 saturated heterocycles. The van der Waals surface area contributed by atoms with Crippen molar-refractivity contribution in [2.24, 2.45) is 0 Å². The van der Waals surface area contributed by atoms with Crippen LogP contribution < -0.4 is 0 Å². The Morgan fingerprint density at radius 1 is 0.556 bits per heavy atom. The second-order valence-electron chi connectivity index (χ2n) is 14.5. The van der Waals surface area contributed by atoms with E-state index in [0.717, 1.165) is 60.5 Å². The zero-order valence-corrected chi connectivity index (χ0v) is 28.3. The van der Waals surface area contributed by atoms with Gasteiger partial charge in [-0.25, -0.2) is 0 Å². The Hall–Kier alpha value is -4.88. The molecule has 0 spiro atoms. The Bertz CT molecular complexity index is 2050. The zero-order chi connectivity index (χ0) is 33.0. The van der Waals surface area contributed by atoms with Gasteiger partial charge in [-0.2, -0.15) is 4.79 Å². The van der Waals surface area contributed by atoms with Crippen LogP contribution in [0.25, 0.3) is 38.2 Å². The van der Waals surface area contributed by atoms with Crippen molar-refractivity contribution in [2.75, 3.05) is 0 Å². The lowest BCUT2D eigenvalue weighted by Crippen LogP contribution is -2.16.